The SMILES string of the molecule is CN1CCC(CNCC2CCOc3ccccc32)CC1. The fraction of sp³-hybridized carbons (Fsp3) is 0.647. The Morgan fingerprint density at radius 2 is 1.95 bits per heavy atom. The maximum absolute atomic E-state index is 5.73. The average Bonchev–Trinajstić information content (AvgIpc) is 2.49. The van der Waals surface area contributed by atoms with Gasteiger partial charge in [0.25, 0.3) is 0 Å². The Balaban J connectivity index is 1.47. The first-order chi connectivity index (χ1) is 9.83. The highest BCUT2D eigenvalue weighted by Gasteiger charge is 2.21. The molecule has 3 rings (SSSR count). The van der Waals surface area contributed by atoms with Crippen molar-refractivity contribution in [1.82, 2.24) is 10.2 Å². The summed E-state index contributed by atoms with van der Waals surface area (Å²) < 4.78 is 5.73. The summed E-state index contributed by atoms with van der Waals surface area (Å²) in [7, 11) is 2.22. The van der Waals surface area contributed by atoms with Crippen LogP contribution in [0.15, 0.2) is 24.3 Å². The molecule has 20 heavy (non-hydrogen) atoms. The molecule has 1 saturated heterocycles. The molecular weight excluding hydrogens is 248 g/mol. The number of fused-ring (bicyclic) bond motifs is 1. The molecule has 2 aliphatic heterocycles. The highest BCUT2D eigenvalue weighted by molar-refractivity contribution is 5.37. The molecule has 2 heterocycles. The highest BCUT2D eigenvalue weighted by atomic mass is 16.5. The molecule has 0 saturated carbocycles. The van der Waals surface area contributed by atoms with E-state index in [1.54, 1.807) is 0 Å². The first-order valence-electron chi connectivity index (χ1n) is 7.94. The van der Waals surface area contributed by atoms with Gasteiger partial charge in [-0.15, -0.1) is 0 Å². The van der Waals surface area contributed by atoms with Crippen LogP contribution in [0.2, 0.25) is 0 Å². The van der Waals surface area contributed by atoms with Crippen molar-refractivity contribution >= 4 is 0 Å². The van der Waals surface area contributed by atoms with E-state index in [0.29, 0.717) is 5.92 Å². The van der Waals surface area contributed by atoms with Gasteiger partial charge in [-0.1, -0.05) is 18.2 Å². The molecule has 0 radical (unpaired) electrons. The predicted octanol–water partition coefficient (Wildman–Crippen LogP) is 2.48. The van der Waals surface area contributed by atoms with Crippen LogP contribution < -0.4 is 10.1 Å². The van der Waals surface area contributed by atoms with E-state index in [-0.39, 0.29) is 0 Å². The zero-order valence-corrected chi connectivity index (χ0v) is 12.5. The molecule has 3 nitrogen and oxygen atoms in total. The molecule has 3 heteroatoms. The van der Waals surface area contributed by atoms with Gasteiger partial charge in [-0.3, -0.25) is 0 Å². The minimum atomic E-state index is 0.617. The van der Waals surface area contributed by atoms with Gasteiger partial charge < -0.3 is 15.0 Å². The predicted molar refractivity (Wildman–Crippen MR) is 82.4 cm³/mol. The molecule has 1 aromatic carbocycles. The van der Waals surface area contributed by atoms with Crippen LogP contribution in [0, 0.1) is 5.92 Å². The number of nitrogens with zero attached hydrogens (tertiary/aromatic N) is 1. The lowest BCUT2D eigenvalue weighted by Gasteiger charge is -2.30. The third kappa shape index (κ3) is 3.33. The molecule has 1 aromatic rings. The lowest BCUT2D eigenvalue weighted by atomic mass is 9.92. The Morgan fingerprint density at radius 3 is 2.80 bits per heavy atom. The first-order valence-corrected chi connectivity index (χ1v) is 7.94. The molecule has 1 atom stereocenters. The Morgan fingerprint density at radius 1 is 1.15 bits per heavy atom. The van der Waals surface area contributed by atoms with Crippen molar-refractivity contribution in [2.24, 2.45) is 5.92 Å². The number of para-hydroxylation sites is 1. The van der Waals surface area contributed by atoms with Crippen molar-refractivity contribution in [2.75, 3.05) is 39.8 Å². The molecule has 110 valence electrons. The van der Waals surface area contributed by atoms with Gasteiger partial charge >= 0.3 is 0 Å². The normalized spacial score (nSPS) is 24.1. The van der Waals surface area contributed by atoms with E-state index in [1.165, 1.54) is 38.0 Å². The first kappa shape index (κ1) is 13.9. The molecule has 2 aliphatic rings. The van der Waals surface area contributed by atoms with Crippen LogP contribution in [0.25, 0.3) is 0 Å². The van der Waals surface area contributed by atoms with E-state index in [2.05, 4.69) is 41.5 Å². The van der Waals surface area contributed by atoms with Crippen LogP contribution >= 0.6 is 0 Å². The summed E-state index contributed by atoms with van der Waals surface area (Å²) in [4.78, 5) is 2.44. The lowest BCUT2D eigenvalue weighted by molar-refractivity contribution is 0.213. The standard InChI is InChI=1S/C17H26N2O/c1-19-9-6-14(7-10-19)12-18-13-15-8-11-20-17-5-3-2-4-16(15)17/h2-5,14-15,18H,6-13H2,1H3. The summed E-state index contributed by atoms with van der Waals surface area (Å²) in [6.45, 7) is 5.64. The highest BCUT2D eigenvalue weighted by Crippen LogP contribution is 2.32. The van der Waals surface area contributed by atoms with Gasteiger partial charge in [0.05, 0.1) is 6.61 Å². The zero-order chi connectivity index (χ0) is 13.8. The van der Waals surface area contributed by atoms with E-state index < -0.39 is 0 Å². The average molecular weight is 274 g/mol. The van der Waals surface area contributed by atoms with E-state index in [9.17, 15) is 0 Å². The number of hydrogen-bond donors (Lipinski definition) is 1. The van der Waals surface area contributed by atoms with Crippen LogP contribution in [0.4, 0.5) is 0 Å². The van der Waals surface area contributed by atoms with Crippen LogP contribution in [-0.4, -0.2) is 44.7 Å². The number of piperidine rings is 1. The van der Waals surface area contributed by atoms with Gasteiger partial charge in [-0.05, 0) is 63.5 Å². The maximum Gasteiger partial charge on any atom is 0.122 e. The Hall–Kier alpha value is -1.06. The second-order valence-electron chi connectivity index (χ2n) is 6.28. The summed E-state index contributed by atoms with van der Waals surface area (Å²) in [6, 6.07) is 8.50. The van der Waals surface area contributed by atoms with E-state index >= 15 is 0 Å². The monoisotopic (exact) mass is 274 g/mol. The second kappa shape index (κ2) is 6.59. The number of hydrogen-bond acceptors (Lipinski definition) is 3. The number of nitrogens with one attached hydrogen (secondary N) is 1. The molecule has 1 unspecified atom stereocenters. The van der Waals surface area contributed by atoms with Crippen LogP contribution in [0.3, 0.4) is 0 Å². The molecule has 0 amide bonds. The van der Waals surface area contributed by atoms with Crippen molar-refractivity contribution < 1.29 is 4.74 Å². The Kier molecular flexibility index (Phi) is 4.58. The van der Waals surface area contributed by atoms with Crippen molar-refractivity contribution in [2.45, 2.75) is 25.2 Å². The van der Waals surface area contributed by atoms with Gasteiger partial charge in [0.15, 0.2) is 0 Å². The van der Waals surface area contributed by atoms with Crippen LogP contribution in [0.5, 0.6) is 5.75 Å². The second-order valence-corrected chi connectivity index (χ2v) is 6.28. The summed E-state index contributed by atoms with van der Waals surface area (Å²) >= 11 is 0. The van der Waals surface area contributed by atoms with Crippen molar-refractivity contribution in [3.8, 4) is 5.75 Å². The topological polar surface area (TPSA) is 24.5 Å². The van der Waals surface area contributed by atoms with Crippen LogP contribution in [0.1, 0.15) is 30.7 Å². The minimum Gasteiger partial charge on any atom is -0.493 e. The maximum atomic E-state index is 5.73. The summed E-state index contributed by atoms with van der Waals surface area (Å²) in [5.74, 6) is 2.57. The number of rotatable bonds is 4. The molecule has 0 bridgehead atoms. The zero-order valence-electron chi connectivity index (χ0n) is 12.5. The van der Waals surface area contributed by atoms with Gasteiger partial charge in [0.1, 0.15) is 5.75 Å². The molecule has 0 aliphatic carbocycles. The Labute approximate surface area is 122 Å². The van der Waals surface area contributed by atoms with Crippen LogP contribution in [-0.2, 0) is 0 Å². The van der Waals surface area contributed by atoms with Crippen molar-refractivity contribution in [3.63, 3.8) is 0 Å². The number of ether oxygens (including phenoxy) is 1. The third-order valence-electron chi connectivity index (χ3n) is 4.74. The quantitative estimate of drug-likeness (QED) is 0.913. The molecule has 0 aromatic heterocycles. The molecule has 1 N–H and O–H groups in total. The molecule has 1 fully saturated rings. The minimum absolute atomic E-state index is 0.617. The van der Waals surface area contributed by atoms with E-state index in [4.69, 9.17) is 4.74 Å². The smallest absolute Gasteiger partial charge is 0.122 e. The molecular formula is C17H26N2O. The summed E-state index contributed by atoms with van der Waals surface area (Å²) in [5.41, 5.74) is 1.38. The van der Waals surface area contributed by atoms with Gasteiger partial charge in [-0.25, -0.2) is 0 Å². The van der Waals surface area contributed by atoms with Gasteiger partial charge in [-0.2, -0.15) is 0 Å². The Bertz CT molecular complexity index is 427. The summed E-state index contributed by atoms with van der Waals surface area (Å²) in [5, 5.41) is 3.71. The van der Waals surface area contributed by atoms with Crippen molar-refractivity contribution in [3.05, 3.63) is 29.8 Å². The number of benzene rings is 1. The fourth-order valence-electron chi connectivity index (χ4n) is 3.36. The fourth-order valence-corrected chi connectivity index (χ4v) is 3.36. The molecule has 0 spiro atoms. The lowest BCUT2D eigenvalue weighted by Crippen LogP contribution is -2.36. The number of likely N-dealkylation sites (tertiary alicyclic amines) is 1. The third-order valence-corrected chi connectivity index (χ3v) is 4.74. The summed E-state index contributed by atoms with van der Waals surface area (Å²) in [6.07, 6.45) is 3.82. The van der Waals surface area contributed by atoms with Gasteiger partial charge in [0.2, 0.25) is 0 Å². The van der Waals surface area contributed by atoms with Gasteiger partial charge in [0, 0.05) is 12.5 Å². The largest absolute Gasteiger partial charge is 0.493 e. The van der Waals surface area contributed by atoms with Crippen molar-refractivity contribution in [1.29, 1.82) is 0 Å². The van der Waals surface area contributed by atoms with E-state index in [1.807, 2.05) is 0 Å². The van der Waals surface area contributed by atoms with E-state index in [0.717, 1.165) is 31.2 Å².